The zero-order valence-corrected chi connectivity index (χ0v) is 30.4. The summed E-state index contributed by atoms with van der Waals surface area (Å²) in [5, 5.41) is 2.67. The predicted octanol–water partition coefficient (Wildman–Crippen LogP) is 14.2. The van der Waals surface area contributed by atoms with E-state index in [0.717, 1.165) is 23.7 Å². The molecule has 0 N–H and O–H groups in total. The van der Waals surface area contributed by atoms with Crippen LogP contribution >= 0.6 is 11.3 Å². The van der Waals surface area contributed by atoms with Crippen molar-refractivity contribution < 1.29 is 0 Å². The molecule has 1 aromatic heterocycles. The minimum absolute atomic E-state index is 0.119. The van der Waals surface area contributed by atoms with Crippen molar-refractivity contribution in [3.8, 4) is 33.4 Å². The summed E-state index contributed by atoms with van der Waals surface area (Å²) in [4.78, 5) is 2.53. The Hall–Kier alpha value is -5.44. The standard InChI is InChI=1S/C51H39NS/c1-3-11-33(12-4-1)35-19-22-41-44-30-38(21-24-45(44)51(47(41)29-35)37-26-32-25-36(28-37)46(51)27-32)52(48-17-9-7-15-40(48)34-13-5-2-6-14-34)39-20-23-43-42-16-8-10-18-49(42)53-50(43)31-39/h1-24,29-32,36-37,46H,25-28H2. The van der Waals surface area contributed by atoms with Crippen molar-refractivity contribution in [2.24, 2.45) is 23.7 Å². The van der Waals surface area contributed by atoms with Crippen LogP contribution in [0.4, 0.5) is 17.1 Å². The van der Waals surface area contributed by atoms with Gasteiger partial charge in [-0.3, -0.25) is 0 Å². The van der Waals surface area contributed by atoms with E-state index in [1.807, 2.05) is 11.3 Å². The van der Waals surface area contributed by atoms with Gasteiger partial charge in [-0.2, -0.15) is 0 Å². The number of nitrogens with zero attached hydrogens (tertiary/aromatic N) is 1. The summed E-state index contributed by atoms with van der Waals surface area (Å²) in [6.07, 6.45) is 5.61. The second-order valence-electron chi connectivity index (χ2n) is 16.1. The number of benzene rings is 7. The van der Waals surface area contributed by atoms with Crippen molar-refractivity contribution in [2.45, 2.75) is 31.1 Å². The van der Waals surface area contributed by atoms with Crippen LogP contribution in [-0.2, 0) is 5.41 Å². The van der Waals surface area contributed by atoms with Crippen LogP contribution in [0, 0.1) is 23.7 Å². The molecule has 0 aliphatic heterocycles. The van der Waals surface area contributed by atoms with E-state index < -0.39 is 0 Å². The van der Waals surface area contributed by atoms with Crippen molar-refractivity contribution in [3.05, 3.63) is 175 Å². The first-order valence-electron chi connectivity index (χ1n) is 19.4. The molecular formula is C51H39NS. The lowest BCUT2D eigenvalue weighted by Crippen LogP contribution is -2.40. The van der Waals surface area contributed by atoms with Crippen LogP contribution in [0.1, 0.15) is 36.8 Å². The van der Waals surface area contributed by atoms with Crippen LogP contribution in [-0.4, -0.2) is 0 Å². The summed E-state index contributed by atoms with van der Waals surface area (Å²) < 4.78 is 2.66. The molecule has 4 bridgehead atoms. The van der Waals surface area contributed by atoms with E-state index in [4.69, 9.17) is 0 Å². The number of para-hydroxylation sites is 1. The molecule has 53 heavy (non-hydrogen) atoms. The van der Waals surface area contributed by atoms with E-state index >= 15 is 0 Å². The Morgan fingerprint density at radius 3 is 2.08 bits per heavy atom. The Bertz CT molecular complexity index is 2720. The quantitative estimate of drug-likeness (QED) is 0.173. The number of rotatable bonds is 5. The van der Waals surface area contributed by atoms with Crippen LogP contribution in [0.15, 0.2) is 164 Å². The first-order valence-corrected chi connectivity index (χ1v) is 20.3. The van der Waals surface area contributed by atoms with E-state index in [1.165, 1.54) is 96.3 Å². The van der Waals surface area contributed by atoms with Gasteiger partial charge in [-0.1, -0.05) is 121 Å². The fourth-order valence-electron chi connectivity index (χ4n) is 11.8. The lowest BCUT2D eigenvalue weighted by molar-refractivity contribution is 0.191. The zero-order valence-electron chi connectivity index (χ0n) is 29.6. The van der Waals surface area contributed by atoms with E-state index in [2.05, 4.69) is 169 Å². The first kappa shape index (κ1) is 30.1. The van der Waals surface area contributed by atoms with Gasteiger partial charge < -0.3 is 4.90 Å². The monoisotopic (exact) mass is 697 g/mol. The molecular weight excluding hydrogens is 659 g/mol. The van der Waals surface area contributed by atoms with Crippen molar-refractivity contribution in [1.82, 2.24) is 0 Å². The summed E-state index contributed by atoms with van der Waals surface area (Å²) in [6.45, 7) is 0. The third-order valence-electron chi connectivity index (χ3n) is 13.6. The molecule has 2 heteroatoms. The Labute approximate surface area is 315 Å². The van der Waals surface area contributed by atoms with Crippen molar-refractivity contribution in [3.63, 3.8) is 0 Å². The lowest BCUT2D eigenvalue weighted by atomic mass is 9.59. The van der Waals surface area contributed by atoms with E-state index in [1.54, 1.807) is 11.1 Å². The van der Waals surface area contributed by atoms with Gasteiger partial charge in [0.15, 0.2) is 0 Å². The Balaban J connectivity index is 1.09. The Kier molecular flexibility index (Phi) is 6.40. The molecule has 5 aliphatic rings. The highest BCUT2D eigenvalue weighted by Gasteiger charge is 2.66. The third kappa shape index (κ3) is 4.25. The van der Waals surface area contributed by atoms with Crippen molar-refractivity contribution in [2.75, 3.05) is 4.90 Å². The maximum Gasteiger partial charge on any atom is 0.0540 e. The fourth-order valence-corrected chi connectivity index (χ4v) is 12.9. The van der Waals surface area contributed by atoms with Gasteiger partial charge in [0.25, 0.3) is 0 Å². The average Bonchev–Trinajstić information content (AvgIpc) is 3.89. The van der Waals surface area contributed by atoms with Crippen molar-refractivity contribution >= 4 is 48.6 Å². The third-order valence-corrected chi connectivity index (χ3v) is 14.8. The van der Waals surface area contributed by atoms with E-state index in [9.17, 15) is 0 Å². The second kappa shape index (κ2) is 11.3. The van der Waals surface area contributed by atoms with Crippen LogP contribution in [0.5, 0.6) is 0 Å². The lowest BCUT2D eigenvalue weighted by Gasteiger charge is -2.44. The molecule has 1 spiro atoms. The topological polar surface area (TPSA) is 3.24 Å². The largest absolute Gasteiger partial charge is 0.310 e. The number of hydrogen-bond donors (Lipinski definition) is 0. The van der Waals surface area contributed by atoms with Gasteiger partial charge >= 0.3 is 0 Å². The highest BCUT2D eigenvalue weighted by atomic mass is 32.1. The van der Waals surface area contributed by atoms with Crippen LogP contribution in [0.2, 0.25) is 0 Å². The summed E-state index contributed by atoms with van der Waals surface area (Å²) in [5.74, 6) is 3.26. The normalized spacial score (nSPS) is 23.2. The van der Waals surface area contributed by atoms with Gasteiger partial charge in [-0.05, 0) is 131 Å². The number of hydrogen-bond acceptors (Lipinski definition) is 2. The maximum atomic E-state index is 2.61. The highest BCUT2D eigenvalue weighted by Crippen LogP contribution is 2.73. The summed E-state index contributed by atoms with van der Waals surface area (Å²) in [6, 6.07) is 61.9. The zero-order chi connectivity index (χ0) is 34.7. The second-order valence-corrected chi connectivity index (χ2v) is 17.2. The molecule has 1 heterocycles. The molecule has 0 saturated heterocycles. The first-order chi connectivity index (χ1) is 26.2. The van der Waals surface area contributed by atoms with Gasteiger partial charge in [0.1, 0.15) is 0 Å². The Morgan fingerprint density at radius 2 is 1.21 bits per heavy atom. The van der Waals surface area contributed by atoms with Crippen molar-refractivity contribution in [1.29, 1.82) is 0 Å². The van der Waals surface area contributed by atoms with Gasteiger partial charge in [0.2, 0.25) is 0 Å². The summed E-state index contributed by atoms with van der Waals surface area (Å²) in [7, 11) is 0. The minimum atomic E-state index is 0.119. The molecule has 0 amide bonds. The van der Waals surface area contributed by atoms with Gasteiger partial charge in [-0.15, -0.1) is 11.3 Å². The molecule has 7 aromatic carbocycles. The molecule has 13 rings (SSSR count). The molecule has 4 saturated carbocycles. The predicted molar refractivity (Wildman–Crippen MR) is 224 cm³/mol. The van der Waals surface area contributed by atoms with Crippen LogP contribution in [0.3, 0.4) is 0 Å². The molecule has 5 aliphatic carbocycles. The van der Waals surface area contributed by atoms with Gasteiger partial charge in [0.05, 0.1) is 5.69 Å². The minimum Gasteiger partial charge on any atom is -0.310 e. The maximum absolute atomic E-state index is 2.61. The fraction of sp³-hybridized carbons (Fsp3) is 0.176. The molecule has 254 valence electrons. The van der Waals surface area contributed by atoms with Gasteiger partial charge in [-0.25, -0.2) is 0 Å². The molecule has 1 nitrogen and oxygen atoms in total. The van der Waals surface area contributed by atoms with Crippen LogP contribution < -0.4 is 4.90 Å². The SMILES string of the molecule is c1ccc(-c2ccc3c(c2)C2(c4ccc(N(c5ccc6c(c5)sc5ccccc56)c5ccccc5-c5ccccc5)cc4-3)C3CC4CC(C3)C2C4)cc1. The molecule has 8 aromatic rings. The summed E-state index contributed by atoms with van der Waals surface area (Å²) >= 11 is 1.89. The number of anilines is 3. The Morgan fingerprint density at radius 1 is 0.472 bits per heavy atom. The summed E-state index contributed by atoms with van der Waals surface area (Å²) in [5.41, 5.74) is 15.0. The number of thiophene rings is 1. The molecule has 0 radical (unpaired) electrons. The molecule has 5 unspecified atom stereocenters. The molecule has 5 atom stereocenters. The smallest absolute Gasteiger partial charge is 0.0540 e. The van der Waals surface area contributed by atoms with E-state index in [-0.39, 0.29) is 5.41 Å². The van der Waals surface area contributed by atoms with Gasteiger partial charge in [0, 0.05) is 42.5 Å². The highest BCUT2D eigenvalue weighted by molar-refractivity contribution is 7.25. The number of fused-ring (bicyclic) bond motifs is 6. The average molecular weight is 698 g/mol. The van der Waals surface area contributed by atoms with Crippen LogP contribution in [0.25, 0.3) is 53.6 Å². The molecule has 4 fully saturated rings. The van der Waals surface area contributed by atoms with E-state index in [0.29, 0.717) is 0 Å².